The minimum Gasteiger partial charge on any atom is -0.301 e. The maximum Gasteiger partial charge on any atom is 0.269 e. The van der Waals surface area contributed by atoms with E-state index in [-0.39, 0.29) is 11.2 Å². The monoisotopic (exact) mass is 478 g/mol. The van der Waals surface area contributed by atoms with Crippen molar-refractivity contribution in [2.45, 2.75) is 30.8 Å². The van der Waals surface area contributed by atoms with Gasteiger partial charge in [0.2, 0.25) is 0 Å². The number of aryl methyl sites for hydroxylation is 1. The molecule has 7 nitrogen and oxygen atoms in total. The van der Waals surface area contributed by atoms with Crippen LogP contribution < -0.4 is 5.56 Å². The minimum atomic E-state index is -0.405. The van der Waals surface area contributed by atoms with E-state index in [0.717, 1.165) is 52.1 Å². The standard InChI is InChI=1S/C24H22N4O3S2/c1-15-3-7-17(8-4-15)27-23(29)21-19-11-12-26(2)13-20(19)33-22(21)25-24(27)32-14-16-5-9-18(10-6-16)28(30)31/h3-10H,11-14H2,1-2H3. The highest BCUT2D eigenvalue weighted by Crippen LogP contribution is 2.34. The van der Waals surface area contributed by atoms with Crippen LogP contribution in [0.4, 0.5) is 5.69 Å². The van der Waals surface area contributed by atoms with Gasteiger partial charge in [-0.3, -0.25) is 19.5 Å². The van der Waals surface area contributed by atoms with Gasteiger partial charge < -0.3 is 4.90 Å². The molecule has 2 aromatic heterocycles. The van der Waals surface area contributed by atoms with E-state index in [2.05, 4.69) is 11.9 Å². The molecule has 9 heteroatoms. The fraction of sp³-hybridized carbons (Fsp3) is 0.250. The smallest absolute Gasteiger partial charge is 0.269 e. The van der Waals surface area contributed by atoms with Crippen LogP contribution in [0.25, 0.3) is 15.9 Å². The summed E-state index contributed by atoms with van der Waals surface area (Å²) in [6.45, 7) is 3.79. The van der Waals surface area contributed by atoms with Crippen molar-refractivity contribution in [3.05, 3.63) is 90.6 Å². The Morgan fingerprint density at radius 1 is 1.15 bits per heavy atom. The lowest BCUT2D eigenvalue weighted by Crippen LogP contribution is -2.27. The van der Waals surface area contributed by atoms with Gasteiger partial charge in [0.05, 0.1) is 16.0 Å². The summed E-state index contributed by atoms with van der Waals surface area (Å²) < 4.78 is 1.71. The molecule has 168 valence electrons. The Hall–Kier alpha value is -3.01. The van der Waals surface area contributed by atoms with Crippen LogP contribution in [0.5, 0.6) is 0 Å². The zero-order chi connectivity index (χ0) is 23.1. The van der Waals surface area contributed by atoms with Gasteiger partial charge in [-0.15, -0.1) is 11.3 Å². The third-order valence-electron chi connectivity index (χ3n) is 5.84. The average Bonchev–Trinajstić information content (AvgIpc) is 3.16. The van der Waals surface area contributed by atoms with E-state index in [1.165, 1.54) is 28.8 Å². The summed E-state index contributed by atoms with van der Waals surface area (Å²) in [5, 5.41) is 12.3. The number of rotatable bonds is 5. The van der Waals surface area contributed by atoms with Crippen LogP contribution in [0.15, 0.2) is 58.5 Å². The number of thioether (sulfide) groups is 1. The Balaban J connectivity index is 1.60. The van der Waals surface area contributed by atoms with Crippen molar-refractivity contribution in [1.29, 1.82) is 0 Å². The van der Waals surface area contributed by atoms with Crippen LogP contribution >= 0.6 is 23.1 Å². The second-order valence-corrected chi connectivity index (χ2v) is 10.3. The van der Waals surface area contributed by atoms with E-state index in [9.17, 15) is 14.9 Å². The number of likely N-dealkylation sites (N-methyl/N-ethyl adjacent to an activating group) is 1. The number of hydrogen-bond donors (Lipinski definition) is 0. The third-order valence-corrected chi connectivity index (χ3v) is 7.96. The Kier molecular flexibility index (Phi) is 5.77. The first-order valence-electron chi connectivity index (χ1n) is 10.6. The van der Waals surface area contributed by atoms with Gasteiger partial charge >= 0.3 is 0 Å². The Morgan fingerprint density at radius 3 is 2.58 bits per heavy atom. The molecule has 0 fully saturated rings. The lowest BCUT2D eigenvalue weighted by atomic mass is 10.1. The number of nitrogens with zero attached hydrogens (tertiary/aromatic N) is 4. The summed E-state index contributed by atoms with van der Waals surface area (Å²) in [5.74, 6) is 0.551. The highest BCUT2D eigenvalue weighted by Gasteiger charge is 2.24. The van der Waals surface area contributed by atoms with E-state index in [1.807, 2.05) is 31.2 Å². The van der Waals surface area contributed by atoms with Crippen LogP contribution in [0.3, 0.4) is 0 Å². The molecule has 0 saturated carbocycles. The van der Waals surface area contributed by atoms with Gasteiger partial charge in [0.15, 0.2) is 5.16 Å². The molecular weight excluding hydrogens is 456 g/mol. The number of aromatic nitrogens is 2. The van der Waals surface area contributed by atoms with Gasteiger partial charge in [-0.2, -0.15) is 0 Å². The fourth-order valence-electron chi connectivity index (χ4n) is 4.03. The second-order valence-electron chi connectivity index (χ2n) is 8.25. The van der Waals surface area contributed by atoms with E-state index >= 15 is 0 Å². The van der Waals surface area contributed by atoms with Gasteiger partial charge in [-0.25, -0.2) is 4.98 Å². The molecular formula is C24H22N4O3S2. The molecule has 0 radical (unpaired) electrons. The van der Waals surface area contributed by atoms with Crippen molar-refractivity contribution in [2.75, 3.05) is 13.6 Å². The summed E-state index contributed by atoms with van der Waals surface area (Å²) in [6.07, 6.45) is 0.853. The van der Waals surface area contributed by atoms with Gasteiger partial charge in [-0.05, 0) is 43.7 Å². The first-order chi connectivity index (χ1) is 15.9. The molecule has 5 rings (SSSR count). The molecule has 0 bridgehead atoms. The van der Waals surface area contributed by atoms with E-state index in [0.29, 0.717) is 10.9 Å². The fourth-order valence-corrected chi connectivity index (χ4v) is 6.34. The second kappa shape index (κ2) is 8.74. The van der Waals surface area contributed by atoms with E-state index < -0.39 is 4.92 Å². The van der Waals surface area contributed by atoms with Crippen LogP contribution in [0.1, 0.15) is 21.6 Å². The normalized spacial score (nSPS) is 13.9. The van der Waals surface area contributed by atoms with Crippen molar-refractivity contribution in [3.63, 3.8) is 0 Å². The summed E-state index contributed by atoms with van der Waals surface area (Å²) in [5.41, 5.74) is 4.02. The predicted octanol–water partition coefficient (Wildman–Crippen LogP) is 4.94. The molecule has 1 aliphatic rings. The molecule has 0 aliphatic carbocycles. The number of nitro groups is 1. The topological polar surface area (TPSA) is 81.3 Å². The number of thiophene rings is 1. The molecule has 0 spiro atoms. The molecule has 4 aromatic rings. The number of nitro benzene ring substituents is 1. The average molecular weight is 479 g/mol. The van der Waals surface area contributed by atoms with Crippen molar-refractivity contribution in [3.8, 4) is 5.69 Å². The largest absolute Gasteiger partial charge is 0.301 e. The molecule has 0 amide bonds. The molecule has 0 unspecified atom stereocenters. The third kappa shape index (κ3) is 4.19. The van der Waals surface area contributed by atoms with Crippen LogP contribution in [-0.2, 0) is 18.7 Å². The van der Waals surface area contributed by atoms with Crippen molar-refractivity contribution in [2.24, 2.45) is 0 Å². The predicted molar refractivity (Wildman–Crippen MR) is 133 cm³/mol. The van der Waals surface area contributed by atoms with Crippen LogP contribution in [0, 0.1) is 17.0 Å². The molecule has 0 saturated heterocycles. The van der Waals surface area contributed by atoms with Gasteiger partial charge in [0, 0.05) is 35.9 Å². The van der Waals surface area contributed by atoms with Crippen molar-refractivity contribution in [1.82, 2.24) is 14.5 Å². The molecule has 0 N–H and O–H groups in total. The Morgan fingerprint density at radius 2 is 1.88 bits per heavy atom. The molecule has 1 aliphatic heterocycles. The lowest BCUT2D eigenvalue weighted by Gasteiger charge is -2.21. The molecule has 0 atom stereocenters. The first-order valence-corrected chi connectivity index (χ1v) is 12.4. The zero-order valence-corrected chi connectivity index (χ0v) is 19.9. The quantitative estimate of drug-likeness (QED) is 0.175. The van der Waals surface area contributed by atoms with Crippen LogP contribution in [-0.4, -0.2) is 33.0 Å². The number of non-ortho nitro benzene ring substituents is 1. The van der Waals surface area contributed by atoms with Gasteiger partial charge in [0.1, 0.15) is 4.83 Å². The summed E-state index contributed by atoms with van der Waals surface area (Å²) >= 11 is 3.08. The van der Waals surface area contributed by atoms with Crippen molar-refractivity contribution >= 4 is 39.0 Å². The summed E-state index contributed by atoms with van der Waals surface area (Å²) in [4.78, 5) is 33.5. The summed E-state index contributed by atoms with van der Waals surface area (Å²) in [6, 6.07) is 14.4. The van der Waals surface area contributed by atoms with E-state index in [1.54, 1.807) is 28.0 Å². The summed E-state index contributed by atoms with van der Waals surface area (Å²) in [7, 11) is 2.09. The molecule has 2 aromatic carbocycles. The Labute approximate surface area is 198 Å². The highest BCUT2D eigenvalue weighted by atomic mass is 32.2. The number of hydrogen-bond acceptors (Lipinski definition) is 7. The SMILES string of the molecule is Cc1ccc(-n2c(SCc3ccc([N+](=O)[O-])cc3)nc3sc4c(c3c2=O)CCN(C)C4)cc1. The zero-order valence-electron chi connectivity index (χ0n) is 18.3. The number of benzene rings is 2. The highest BCUT2D eigenvalue weighted by molar-refractivity contribution is 7.98. The minimum absolute atomic E-state index is 0.0305. The van der Waals surface area contributed by atoms with Gasteiger partial charge in [-0.1, -0.05) is 41.6 Å². The van der Waals surface area contributed by atoms with Crippen LogP contribution in [0.2, 0.25) is 0 Å². The lowest BCUT2D eigenvalue weighted by molar-refractivity contribution is -0.384. The van der Waals surface area contributed by atoms with Gasteiger partial charge in [0.25, 0.3) is 11.2 Å². The number of fused-ring (bicyclic) bond motifs is 3. The maximum atomic E-state index is 13.8. The molecule has 3 heterocycles. The van der Waals surface area contributed by atoms with E-state index in [4.69, 9.17) is 4.98 Å². The Bertz CT molecular complexity index is 1410. The molecule has 33 heavy (non-hydrogen) atoms. The first kappa shape index (κ1) is 21.8. The van der Waals surface area contributed by atoms with Crippen molar-refractivity contribution < 1.29 is 4.92 Å². The maximum absolute atomic E-state index is 13.8.